The smallest absolute Gasteiger partial charge is 0.144 e. The molecule has 0 amide bonds. The normalized spacial score (nSPS) is 13.2. The molecule has 12 aromatic rings. The largest absolute Gasteiger partial charge is 0.455 e. The minimum Gasteiger partial charge on any atom is -0.455 e. The van der Waals surface area contributed by atoms with Crippen molar-refractivity contribution in [1.82, 2.24) is 9.97 Å². The lowest BCUT2D eigenvalue weighted by molar-refractivity contribution is 0.669. The van der Waals surface area contributed by atoms with Gasteiger partial charge in [-0.2, -0.15) is 0 Å². The van der Waals surface area contributed by atoms with Gasteiger partial charge < -0.3 is 4.42 Å². The fourth-order valence-corrected chi connectivity index (χ4v) is 11.4. The molecule has 0 atom stereocenters. The van der Waals surface area contributed by atoms with E-state index in [1.165, 1.54) is 53.6 Å². The summed E-state index contributed by atoms with van der Waals surface area (Å²) in [5, 5.41) is 6.86. The number of rotatable bonds is 4. The highest BCUT2D eigenvalue weighted by Gasteiger charge is 2.48. The first-order valence-electron chi connectivity index (χ1n) is 20.1. The molecular formula is C55H32N2OS. The van der Waals surface area contributed by atoms with E-state index in [-0.39, 0.29) is 0 Å². The lowest BCUT2D eigenvalue weighted by Crippen LogP contribution is -2.28. The molecule has 0 saturated carbocycles. The molecule has 0 fully saturated rings. The number of aromatic nitrogens is 2. The molecule has 1 aliphatic rings. The van der Waals surface area contributed by atoms with Crippen LogP contribution in [0.15, 0.2) is 199 Å². The van der Waals surface area contributed by atoms with Crippen LogP contribution in [0.4, 0.5) is 0 Å². The minimum absolute atomic E-state index is 0.582. The van der Waals surface area contributed by atoms with Gasteiger partial charge in [-0.25, -0.2) is 4.98 Å². The zero-order chi connectivity index (χ0) is 38.7. The zero-order valence-electron chi connectivity index (χ0n) is 31.7. The van der Waals surface area contributed by atoms with Crippen molar-refractivity contribution in [2.45, 2.75) is 5.41 Å². The number of pyridine rings is 2. The summed E-state index contributed by atoms with van der Waals surface area (Å²) in [6.07, 6.45) is 1.86. The standard InChI is InChI=1S/C55H32N2OS/c1-3-15-35(16-4-1)55(36-17-5-2-6-18-36)43-22-10-7-19-38(43)50-44(55)32-42(48-40-20-8-11-23-46(40)58-53(48)50)37-28-29-39(49-41-21-9-12-24-47(41)59-54(37)49)45-30-27-34-26-25-33-14-13-31-56-51(33)52(34)57-45/h1-32H. The molecule has 59 heavy (non-hydrogen) atoms. The highest BCUT2D eigenvalue weighted by Crippen LogP contribution is 2.60. The van der Waals surface area contributed by atoms with Crippen LogP contribution in [0.3, 0.4) is 0 Å². The summed E-state index contributed by atoms with van der Waals surface area (Å²) >= 11 is 1.86. The molecule has 0 radical (unpaired) electrons. The predicted molar refractivity (Wildman–Crippen MR) is 245 cm³/mol. The Morgan fingerprint density at radius 1 is 0.475 bits per heavy atom. The van der Waals surface area contributed by atoms with Crippen molar-refractivity contribution < 1.29 is 4.42 Å². The molecule has 4 heterocycles. The van der Waals surface area contributed by atoms with Crippen LogP contribution in [-0.4, -0.2) is 9.97 Å². The third-order valence-corrected chi connectivity index (χ3v) is 13.8. The molecule has 3 nitrogen and oxygen atoms in total. The number of thiophene rings is 1. The molecule has 0 unspecified atom stereocenters. The van der Waals surface area contributed by atoms with E-state index in [0.717, 1.165) is 66.1 Å². The Bertz CT molecular complexity index is 3640. The highest BCUT2D eigenvalue weighted by atomic mass is 32.1. The lowest BCUT2D eigenvalue weighted by atomic mass is 9.67. The first kappa shape index (κ1) is 32.7. The summed E-state index contributed by atoms with van der Waals surface area (Å²) in [4.78, 5) is 10.2. The molecule has 274 valence electrons. The Balaban J connectivity index is 1.17. The molecule has 0 aliphatic heterocycles. The van der Waals surface area contributed by atoms with Crippen LogP contribution in [0.5, 0.6) is 0 Å². The van der Waals surface area contributed by atoms with Crippen LogP contribution in [-0.2, 0) is 5.41 Å². The van der Waals surface area contributed by atoms with Gasteiger partial charge in [-0.05, 0) is 63.7 Å². The number of furan rings is 1. The number of para-hydroxylation sites is 1. The van der Waals surface area contributed by atoms with E-state index in [9.17, 15) is 0 Å². The van der Waals surface area contributed by atoms with Crippen LogP contribution in [0.2, 0.25) is 0 Å². The van der Waals surface area contributed by atoms with Crippen molar-refractivity contribution in [3.63, 3.8) is 0 Å². The van der Waals surface area contributed by atoms with E-state index >= 15 is 0 Å². The fourth-order valence-electron chi connectivity index (χ4n) is 10.1. The van der Waals surface area contributed by atoms with Gasteiger partial charge in [0.05, 0.1) is 22.1 Å². The fraction of sp³-hybridized carbons (Fsp3) is 0.0182. The average Bonchev–Trinajstić information content (AvgIpc) is 3.98. The molecule has 0 saturated heterocycles. The topological polar surface area (TPSA) is 38.9 Å². The third-order valence-electron chi connectivity index (χ3n) is 12.6. The minimum atomic E-state index is -0.582. The number of hydrogen-bond donors (Lipinski definition) is 0. The van der Waals surface area contributed by atoms with Crippen LogP contribution >= 0.6 is 11.3 Å². The maximum absolute atomic E-state index is 7.11. The van der Waals surface area contributed by atoms with Gasteiger partial charge in [0.15, 0.2) is 0 Å². The molecule has 0 spiro atoms. The van der Waals surface area contributed by atoms with Crippen molar-refractivity contribution in [2.24, 2.45) is 0 Å². The summed E-state index contributed by atoms with van der Waals surface area (Å²) in [6, 6.07) is 68.2. The van der Waals surface area contributed by atoms with E-state index in [1.54, 1.807) is 0 Å². The van der Waals surface area contributed by atoms with Gasteiger partial charge in [-0.1, -0.05) is 158 Å². The highest BCUT2D eigenvalue weighted by molar-refractivity contribution is 7.26. The Kier molecular flexibility index (Phi) is 6.81. The number of hydrogen-bond acceptors (Lipinski definition) is 4. The van der Waals surface area contributed by atoms with E-state index in [2.05, 4.69) is 182 Å². The summed E-state index contributed by atoms with van der Waals surface area (Å²) in [7, 11) is 0. The van der Waals surface area contributed by atoms with Gasteiger partial charge in [-0.15, -0.1) is 11.3 Å². The van der Waals surface area contributed by atoms with Gasteiger partial charge in [0, 0.05) is 64.6 Å². The van der Waals surface area contributed by atoms with Gasteiger partial charge in [0.1, 0.15) is 11.2 Å². The van der Waals surface area contributed by atoms with E-state index in [1.807, 2.05) is 23.6 Å². The Labute approximate surface area is 343 Å². The second-order valence-corrected chi connectivity index (χ2v) is 16.6. The van der Waals surface area contributed by atoms with E-state index < -0.39 is 5.41 Å². The van der Waals surface area contributed by atoms with Crippen molar-refractivity contribution in [2.75, 3.05) is 0 Å². The Hall–Kier alpha value is -7.40. The third kappa shape index (κ3) is 4.47. The average molecular weight is 769 g/mol. The number of nitrogens with zero attached hydrogens (tertiary/aromatic N) is 2. The van der Waals surface area contributed by atoms with E-state index in [4.69, 9.17) is 14.4 Å². The summed E-state index contributed by atoms with van der Waals surface area (Å²) in [6.45, 7) is 0. The SMILES string of the molecule is c1ccc(C2(c3ccccc3)c3ccccc3-c3c2cc(-c2ccc(-c4ccc5ccc6cccnc6c5n4)c4c2sc2ccccc24)c2c3oc3ccccc32)cc1. The maximum Gasteiger partial charge on any atom is 0.144 e. The van der Waals surface area contributed by atoms with Gasteiger partial charge in [0.25, 0.3) is 0 Å². The molecule has 0 bridgehead atoms. The summed E-state index contributed by atoms with van der Waals surface area (Å²) in [5.41, 5.74) is 14.8. The van der Waals surface area contributed by atoms with Crippen molar-refractivity contribution in [1.29, 1.82) is 0 Å². The number of fused-ring (bicyclic) bond motifs is 13. The van der Waals surface area contributed by atoms with Crippen LogP contribution in [0.25, 0.3) is 97.4 Å². The van der Waals surface area contributed by atoms with Crippen molar-refractivity contribution >= 4 is 75.3 Å². The second-order valence-electron chi connectivity index (χ2n) is 15.5. The van der Waals surface area contributed by atoms with Gasteiger partial charge in [0.2, 0.25) is 0 Å². The molecule has 4 heteroatoms. The lowest BCUT2D eigenvalue weighted by Gasteiger charge is -2.34. The first-order chi connectivity index (χ1) is 29.3. The predicted octanol–water partition coefficient (Wildman–Crippen LogP) is 14.7. The first-order valence-corrected chi connectivity index (χ1v) is 20.9. The summed E-state index contributed by atoms with van der Waals surface area (Å²) in [5.74, 6) is 0. The molecule has 4 aromatic heterocycles. The van der Waals surface area contributed by atoms with Gasteiger partial charge in [-0.3, -0.25) is 4.98 Å². The maximum atomic E-state index is 7.11. The molecule has 8 aromatic carbocycles. The monoisotopic (exact) mass is 768 g/mol. The molecule has 0 N–H and O–H groups in total. The Morgan fingerprint density at radius 2 is 1.15 bits per heavy atom. The molecular weight excluding hydrogens is 737 g/mol. The molecule has 13 rings (SSSR count). The molecule has 1 aliphatic carbocycles. The summed E-state index contributed by atoms with van der Waals surface area (Å²) < 4.78 is 9.58. The Morgan fingerprint density at radius 3 is 1.98 bits per heavy atom. The van der Waals surface area contributed by atoms with Crippen LogP contribution < -0.4 is 0 Å². The van der Waals surface area contributed by atoms with E-state index in [0.29, 0.717) is 0 Å². The number of benzene rings is 8. The van der Waals surface area contributed by atoms with Crippen LogP contribution in [0, 0.1) is 0 Å². The quantitative estimate of drug-likeness (QED) is 0.167. The van der Waals surface area contributed by atoms with Crippen LogP contribution in [0.1, 0.15) is 22.3 Å². The van der Waals surface area contributed by atoms with Crippen molar-refractivity contribution in [3.8, 4) is 33.5 Å². The second kappa shape index (κ2) is 12.3. The van der Waals surface area contributed by atoms with Gasteiger partial charge >= 0.3 is 0 Å². The zero-order valence-corrected chi connectivity index (χ0v) is 32.5. The van der Waals surface area contributed by atoms with Crippen molar-refractivity contribution in [3.05, 3.63) is 217 Å².